The van der Waals surface area contributed by atoms with Crippen molar-refractivity contribution in [3.05, 3.63) is 47.8 Å². The number of aromatic nitrogens is 1. The van der Waals surface area contributed by atoms with E-state index in [9.17, 15) is 4.79 Å². The number of carbonyl (C=O) groups is 1. The van der Waals surface area contributed by atoms with Crippen LogP contribution in [-0.2, 0) is 4.79 Å². The Balaban J connectivity index is 1.35. The van der Waals surface area contributed by atoms with Crippen LogP contribution in [0.1, 0.15) is 12.8 Å². The van der Waals surface area contributed by atoms with Crippen LogP contribution < -0.4 is 14.8 Å². The van der Waals surface area contributed by atoms with E-state index < -0.39 is 0 Å². The Morgan fingerprint density at radius 3 is 2.62 bits per heavy atom. The van der Waals surface area contributed by atoms with Gasteiger partial charge < -0.3 is 14.8 Å². The molecule has 6 heteroatoms. The Bertz CT molecular complexity index is 977. The van der Waals surface area contributed by atoms with Crippen molar-refractivity contribution in [3.8, 4) is 33.3 Å². The second kappa shape index (κ2) is 6.14. The van der Waals surface area contributed by atoms with Crippen molar-refractivity contribution in [2.24, 2.45) is 5.92 Å². The van der Waals surface area contributed by atoms with Crippen LogP contribution in [0.3, 0.4) is 0 Å². The van der Waals surface area contributed by atoms with Crippen LogP contribution in [0.15, 0.2) is 47.8 Å². The summed E-state index contributed by atoms with van der Waals surface area (Å²) in [6.45, 7) is 0.269. The summed E-state index contributed by atoms with van der Waals surface area (Å²) in [5.41, 5.74) is 3.78. The van der Waals surface area contributed by atoms with E-state index in [0.29, 0.717) is 0 Å². The molecular formula is C20H16N2O3S. The molecule has 1 N–H and O–H groups in total. The fourth-order valence-electron chi connectivity index (χ4n) is 2.88. The average Bonchev–Trinajstić information content (AvgIpc) is 3.22. The van der Waals surface area contributed by atoms with E-state index in [0.717, 1.165) is 51.9 Å². The summed E-state index contributed by atoms with van der Waals surface area (Å²) in [4.78, 5) is 16.6. The number of hydrogen-bond donors (Lipinski definition) is 1. The molecule has 1 aliphatic carbocycles. The zero-order valence-corrected chi connectivity index (χ0v) is 14.7. The van der Waals surface area contributed by atoms with Gasteiger partial charge in [0.05, 0.1) is 5.69 Å². The third-order valence-electron chi connectivity index (χ3n) is 4.52. The second-order valence-corrected chi connectivity index (χ2v) is 7.30. The lowest BCUT2D eigenvalue weighted by molar-refractivity contribution is -0.117. The molecule has 5 nitrogen and oxygen atoms in total. The van der Waals surface area contributed by atoms with Gasteiger partial charge in [-0.15, -0.1) is 11.3 Å². The predicted octanol–water partition coefficient (Wildman–Crippen LogP) is 4.55. The molecule has 2 aliphatic rings. The zero-order valence-electron chi connectivity index (χ0n) is 13.9. The number of hydrogen-bond acceptors (Lipinski definition) is 5. The van der Waals surface area contributed by atoms with Crippen LogP contribution in [0.5, 0.6) is 11.5 Å². The first-order valence-electron chi connectivity index (χ1n) is 8.53. The summed E-state index contributed by atoms with van der Waals surface area (Å²) in [5, 5.41) is 5.94. The van der Waals surface area contributed by atoms with Gasteiger partial charge >= 0.3 is 0 Å². The number of rotatable bonds is 4. The summed E-state index contributed by atoms with van der Waals surface area (Å²) < 4.78 is 10.8. The number of fused-ring (bicyclic) bond motifs is 1. The second-order valence-electron chi connectivity index (χ2n) is 6.45. The number of carbonyl (C=O) groups excluding carboxylic acids is 1. The van der Waals surface area contributed by atoms with Crippen molar-refractivity contribution in [1.29, 1.82) is 0 Å². The molecule has 0 unspecified atom stereocenters. The number of ether oxygens (including phenoxy) is 2. The molecular weight excluding hydrogens is 348 g/mol. The zero-order chi connectivity index (χ0) is 17.5. The highest BCUT2D eigenvalue weighted by Gasteiger charge is 2.29. The Hall–Kier alpha value is -2.86. The van der Waals surface area contributed by atoms with Gasteiger partial charge in [0.15, 0.2) is 11.5 Å². The van der Waals surface area contributed by atoms with Crippen molar-refractivity contribution in [2.75, 3.05) is 12.1 Å². The molecule has 0 atom stereocenters. The summed E-state index contributed by atoms with van der Waals surface area (Å²) in [6, 6.07) is 13.7. The summed E-state index contributed by atoms with van der Waals surface area (Å²) in [6.07, 6.45) is 2.01. The van der Waals surface area contributed by atoms with Crippen LogP contribution in [0.4, 0.5) is 5.69 Å². The van der Waals surface area contributed by atoms with Gasteiger partial charge in [-0.25, -0.2) is 4.98 Å². The van der Waals surface area contributed by atoms with E-state index in [1.54, 1.807) is 11.3 Å². The van der Waals surface area contributed by atoms with Gasteiger partial charge in [-0.1, -0.05) is 0 Å². The topological polar surface area (TPSA) is 60.5 Å². The van der Waals surface area contributed by atoms with Crippen LogP contribution in [0, 0.1) is 5.92 Å². The van der Waals surface area contributed by atoms with Gasteiger partial charge in [0, 0.05) is 28.1 Å². The number of anilines is 1. The van der Waals surface area contributed by atoms with E-state index in [4.69, 9.17) is 14.5 Å². The first-order valence-corrected chi connectivity index (χ1v) is 9.41. The lowest BCUT2D eigenvalue weighted by Crippen LogP contribution is -2.12. The van der Waals surface area contributed by atoms with Crippen LogP contribution in [0.2, 0.25) is 0 Å². The fourth-order valence-corrected chi connectivity index (χ4v) is 3.72. The Morgan fingerprint density at radius 1 is 1.04 bits per heavy atom. The van der Waals surface area contributed by atoms with Gasteiger partial charge in [0.25, 0.3) is 0 Å². The van der Waals surface area contributed by atoms with Gasteiger partial charge in [-0.2, -0.15) is 0 Å². The number of benzene rings is 2. The monoisotopic (exact) mass is 364 g/mol. The number of nitrogens with one attached hydrogen (secondary N) is 1. The van der Waals surface area contributed by atoms with Crippen LogP contribution in [0.25, 0.3) is 21.8 Å². The van der Waals surface area contributed by atoms with E-state index in [1.807, 2.05) is 47.8 Å². The smallest absolute Gasteiger partial charge is 0.231 e. The van der Waals surface area contributed by atoms with Crippen molar-refractivity contribution in [1.82, 2.24) is 4.98 Å². The maximum Gasteiger partial charge on any atom is 0.231 e. The number of amides is 1. The van der Waals surface area contributed by atoms with Gasteiger partial charge in [-0.3, -0.25) is 4.79 Å². The maximum absolute atomic E-state index is 11.8. The van der Waals surface area contributed by atoms with Crippen molar-refractivity contribution in [3.63, 3.8) is 0 Å². The molecule has 0 radical (unpaired) electrons. The first-order chi connectivity index (χ1) is 12.8. The average molecular weight is 364 g/mol. The van der Waals surface area contributed by atoms with E-state index in [2.05, 4.69) is 5.32 Å². The van der Waals surface area contributed by atoms with Gasteiger partial charge in [0.1, 0.15) is 5.01 Å². The van der Waals surface area contributed by atoms with Crippen molar-refractivity contribution in [2.45, 2.75) is 12.8 Å². The molecule has 1 amide bonds. The Morgan fingerprint density at radius 2 is 1.81 bits per heavy atom. The van der Waals surface area contributed by atoms with Crippen molar-refractivity contribution >= 4 is 22.9 Å². The highest BCUT2D eigenvalue weighted by atomic mass is 32.1. The third kappa shape index (κ3) is 2.93. The molecule has 1 saturated carbocycles. The number of thiazole rings is 1. The largest absolute Gasteiger partial charge is 0.454 e. The summed E-state index contributed by atoms with van der Waals surface area (Å²) >= 11 is 1.59. The standard InChI is InChI=1S/C20H16N2O3S/c23-19(12-1-2-12)21-15-6-3-13(4-7-15)20-22-16(10-26-20)14-5-8-17-18(9-14)25-11-24-17/h3-10,12H,1-2,11H2,(H,21,23). The van der Waals surface area contributed by atoms with Crippen LogP contribution >= 0.6 is 11.3 Å². The van der Waals surface area contributed by atoms with E-state index in [-0.39, 0.29) is 18.6 Å². The molecule has 2 aromatic carbocycles. The lowest BCUT2D eigenvalue weighted by Gasteiger charge is -2.04. The minimum atomic E-state index is 0.122. The molecule has 2 heterocycles. The summed E-state index contributed by atoms with van der Waals surface area (Å²) in [7, 11) is 0. The van der Waals surface area contributed by atoms with Gasteiger partial charge in [-0.05, 0) is 55.3 Å². The molecule has 5 rings (SSSR count). The lowest BCUT2D eigenvalue weighted by atomic mass is 10.1. The predicted molar refractivity (Wildman–Crippen MR) is 100 cm³/mol. The van der Waals surface area contributed by atoms with Gasteiger partial charge in [0.2, 0.25) is 12.7 Å². The molecule has 0 spiro atoms. The molecule has 130 valence electrons. The quantitative estimate of drug-likeness (QED) is 0.737. The van der Waals surface area contributed by atoms with E-state index >= 15 is 0 Å². The SMILES string of the molecule is O=C(Nc1ccc(-c2nc(-c3ccc4c(c3)OCO4)cs2)cc1)C1CC1. The van der Waals surface area contributed by atoms with Crippen molar-refractivity contribution < 1.29 is 14.3 Å². The highest BCUT2D eigenvalue weighted by Crippen LogP contribution is 2.37. The molecule has 1 aliphatic heterocycles. The highest BCUT2D eigenvalue weighted by molar-refractivity contribution is 7.13. The Kier molecular flexibility index (Phi) is 3.64. The molecule has 1 aromatic heterocycles. The molecule has 0 bridgehead atoms. The van der Waals surface area contributed by atoms with E-state index in [1.165, 1.54) is 0 Å². The Labute approximate surface area is 154 Å². The fraction of sp³-hybridized carbons (Fsp3) is 0.200. The minimum absolute atomic E-state index is 0.122. The number of nitrogens with zero attached hydrogens (tertiary/aromatic N) is 1. The molecule has 3 aromatic rings. The third-order valence-corrected chi connectivity index (χ3v) is 5.41. The normalized spacial score (nSPS) is 15.1. The maximum atomic E-state index is 11.8. The van der Waals surface area contributed by atoms with Crippen LogP contribution in [-0.4, -0.2) is 17.7 Å². The molecule has 26 heavy (non-hydrogen) atoms. The minimum Gasteiger partial charge on any atom is -0.454 e. The first kappa shape index (κ1) is 15.4. The molecule has 1 fully saturated rings. The molecule has 0 saturated heterocycles. The summed E-state index contributed by atoms with van der Waals surface area (Å²) in [5.74, 6) is 1.86.